The lowest BCUT2D eigenvalue weighted by Crippen LogP contribution is -1.97. The maximum atomic E-state index is 10.3. The molecule has 0 saturated carbocycles. The molecule has 0 unspecified atom stereocenters. The van der Waals surface area contributed by atoms with Crippen LogP contribution in [0.4, 0.5) is 0 Å². The summed E-state index contributed by atoms with van der Waals surface area (Å²) in [4.78, 5) is 10.3. The molecule has 0 aliphatic carbocycles. The minimum Gasteiger partial charge on any atom is -0.481 e. The van der Waals surface area contributed by atoms with Crippen LogP contribution in [0.2, 0.25) is 5.02 Å². The van der Waals surface area contributed by atoms with Crippen molar-refractivity contribution in [3.8, 4) is 0 Å². The first-order valence-corrected chi connectivity index (χ1v) is 5.21. The van der Waals surface area contributed by atoms with Gasteiger partial charge in [-0.1, -0.05) is 17.7 Å². The summed E-state index contributed by atoms with van der Waals surface area (Å²) in [5, 5.41) is 9.12. The standard InChI is InChI=1S/C9H8ClIO2/c10-8-5-7(11)3-1-6(8)2-4-9(12)13/h1,3,5H,2,4H2,(H,12,13). The third-order valence-electron chi connectivity index (χ3n) is 1.62. The van der Waals surface area contributed by atoms with Gasteiger partial charge in [-0.3, -0.25) is 4.79 Å². The first-order valence-electron chi connectivity index (χ1n) is 3.75. The van der Waals surface area contributed by atoms with Crippen molar-refractivity contribution in [1.82, 2.24) is 0 Å². The van der Waals surface area contributed by atoms with Gasteiger partial charge >= 0.3 is 5.97 Å². The Balaban J connectivity index is 2.72. The van der Waals surface area contributed by atoms with Crippen LogP contribution in [0.3, 0.4) is 0 Å². The molecule has 2 nitrogen and oxygen atoms in total. The third-order valence-corrected chi connectivity index (χ3v) is 2.65. The maximum Gasteiger partial charge on any atom is 0.303 e. The maximum absolute atomic E-state index is 10.3. The van der Waals surface area contributed by atoms with Gasteiger partial charge in [0.1, 0.15) is 0 Å². The van der Waals surface area contributed by atoms with Crippen molar-refractivity contribution in [1.29, 1.82) is 0 Å². The molecule has 1 aromatic carbocycles. The highest BCUT2D eigenvalue weighted by molar-refractivity contribution is 14.1. The third kappa shape index (κ3) is 3.52. The second-order valence-corrected chi connectivity index (χ2v) is 4.28. The predicted octanol–water partition coefficient (Wildman–Crippen LogP) is 2.96. The first kappa shape index (κ1) is 10.8. The van der Waals surface area contributed by atoms with Gasteiger partial charge in [-0.2, -0.15) is 0 Å². The number of hydrogen-bond donors (Lipinski definition) is 1. The van der Waals surface area contributed by atoms with E-state index in [9.17, 15) is 4.79 Å². The summed E-state index contributed by atoms with van der Waals surface area (Å²) in [7, 11) is 0. The van der Waals surface area contributed by atoms with Gasteiger partial charge in [0.2, 0.25) is 0 Å². The highest BCUT2D eigenvalue weighted by atomic mass is 127. The molecular weight excluding hydrogens is 302 g/mol. The van der Waals surface area contributed by atoms with Crippen molar-refractivity contribution in [2.24, 2.45) is 0 Å². The van der Waals surface area contributed by atoms with Crippen molar-refractivity contribution in [2.45, 2.75) is 12.8 Å². The fourth-order valence-corrected chi connectivity index (χ4v) is 1.92. The summed E-state index contributed by atoms with van der Waals surface area (Å²) < 4.78 is 1.06. The Bertz CT molecular complexity index is 325. The van der Waals surface area contributed by atoms with Gasteiger partial charge < -0.3 is 5.11 Å². The Kier molecular flexibility index (Phi) is 3.99. The van der Waals surface area contributed by atoms with Crippen molar-refractivity contribution in [3.05, 3.63) is 32.4 Å². The van der Waals surface area contributed by atoms with E-state index in [0.717, 1.165) is 9.13 Å². The largest absolute Gasteiger partial charge is 0.481 e. The van der Waals surface area contributed by atoms with E-state index in [1.165, 1.54) is 0 Å². The topological polar surface area (TPSA) is 37.3 Å². The zero-order valence-corrected chi connectivity index (χ0v) is 9.67. The van der Waals surface area contributed by atoms with Gasteiger partial charge in [0, 0.05) is 15.0 Å². The molecule has 0 heterocycles. The number of carbonyl (C=O) groups is 1. The van der Waals surface area contributed by atoms with Crippen molar-refractivity contribution < 1.29 is 9.90 Å². The molecule has 0 fully saturated rings. The van der Waals surface area contributed by atoms with E-state index in [1.54, 1.807) is 0 Å². The van der Waals surface area contributed by atoms with Crippen LogP contribution in [0.15, 0.2) is 18.2 Å². The van der Waals surface area contributed by atoms with Crippen molar-refractivity contribution >= 4 is 40.2 Å². The predicted molar refractivity (Wildman–Crippen MR) is 60.1 cm³/mol. The van der Waals surface area contributed by atoms with Crippen LogP contribution in [-0.4, -0.2) is 11.1 Å². The molecule has 0 radical (unpaired) electrons. The van der Waals surface area contributed by atoms with Crippen LogP contribution >= 0.6 is 34.2 Å². The highest BCUT2D eigenvalue weighted by Crippen LogP contribution is 2.20. The molecule has 0 atom stereocenters. The smallest absolute Gasteiger partial charge is 0.303 e. The number of rotatable bonds is 3. The summed E-state index contributed by atoms with van der Waals surface area (Å²) in [5.41, 5.74) is 0.893. The number of aliphatic carboxylic acids is 1. The number of hydrogen-bond acceptors (Lipinski definition) is 1. The van der Waals surface area contributed by atoms with Gasteiger partial charge in [0.15, 0.2) is 0 Å². The molecule has 0 bridgehead atoms. The second kappa shape index (κ2) is 4.81. The normalized spacial score (nSPS) is 10.0. The fourth-order valence-electron chi connectivity index (χ4n) is 0.966. The Morgan fingerprint density at radius 2 is 2.23 bits per heavy atom. The lowest BCUT2D eigenvalue weighted by molar-refractivity contribution is -0.136. The van der Waals surface area contributed by atoms with Crippen molar-refractivity contribution in [3.63, 3.8) is 0 Å². The van der Waals surface area contributed by atoms with E-state index in [1.807, 2.05) is 18.2 Å². The first-order chi connectivity index (χ1) is 6.09. The minimum atomic E-state index is -0.797. The average molecular weight is 311 g/mol. The lowest BCUT2D eigenvalue weighted by atomic mass is 10.1. The molecule has 0 spiro atoms. The van der Waals surface area contributed by atoms with E-state index in [2.05, 4.69) is 22.6 Å². The number of halogens is 2. The molecule has 1 aromatic rings. The zero-order chi connectivity index (χ0) is 9.84. The van der Waals surface area contributed by atoms with E-state index in [0.29, 0.717) is 11.4 Å². The van der Waals surface area contributed by atoms with Crippen LogP contribution < -0.4 is 0 Å². The van der Waals surface area contributed by atoms with Gasteiger partial charge in [-0.05, 0) is 46.7 Å². The molecule has 0 aliphatic rings. The van der Waals surface area contributed by atoms with Crippen LogP contribution in [0.5, 0.6) is 0 Å². The molecule has 0 aromatic heterocycles. The summed E-state index contributed by atoms with van der Waals surface area (Å²) in [6.07, 6.45) is 0.616. The average Bonchev–Trinajstić information content (AvgIpc) is 2.02. The quantitative estimate of drug-likeness (QED) is 0.872. The Labute approximate surface area is 95.0 Å². The Morgan fingerprint density at radius 1 is 1.54 bits per heavy atom. The summed E-state index contributed by atoms with van der Waals surface area (Å²) in [6.45, 7) is 0. The summed E-state index contributed by atoms with van der Waals surface area (Å²) in [5.74, 6) is -0.797. The minimum absolute atomic E-state index is 0.125. The summed E-state index contributed by atoms with van der Waals surface area (Å²) >= 11 is 8.08. The number of benzene rings is 1. The molecule has 1 N–H and O–H groups in total. The Hall–Kier alpha value is -0.290. The van der Waals surface area contributed by atoms with Gasteiger partial charge in [0.05, 0.1) is 0 Å². The van der Waals surface area contributed by atoms with E-state index in [4.69, 9.17) is 16.7 Å². The van der Waals surface area contributed by atoms with E-state index < -0.39 is 5.97 Å². The number of aryl methyl sites for hydroxylation is 1. The second-order valence-electron chi connectivity index (χ2n) is 2.63. The number of carboxylic acid groups (broad SMARTS) is 1. The molecule has 0 aliphatic heterocycles. The molecule has 0 amide bonds. The SMILES string of the molecule is O=C(O)CCc1ccc(I)cc1Cl. The lowest BCUT2D eigenvalue weighted by Gasteiger charge is -2.02. The highest BCUT2D eigenvalue weighted by Gasteiger charge is 2.03. The monoisotopic (exact) mass is 310 g/mol. The fraction of sp³-hybridized carbons (Fsp3) is 0.222. The molecule has 1 rings (SSSR count). The Morgan fingerprint density at radius 3 is 2.77 bits per heavy atom. The molecule has 4 heteroatoms. The zero-order valence-electron chi connectivity index (χ0n) is 6.76. The summed E-state index contributed by atoms with van der Waals surface area (Å²) in [6, 6.07) is 5.62. The molecule has 70 valence electrons. The number of carboxylic acids is 1. The van der Waals surface area contributed by atoms with Gasteiger partial charge in [-0.15, -0.1) is 0 Å². The molecule has 0 saturated heterocycles. The van der Waals surface area contributed by atoms with E-state index in [-0.39, 0.29) is 6.42 Å². The van der Waals surface area contributed by atoms with E-state index >= 15 is 0 Å². The van der Waals surface area contributed by atoms with Crippen LogP contribution in [0.1, 0.15) is 12.0 Å². The van der Waals surface area contributed by atoms with Crippen molar-refractivity contribution in [2.75, 3.05) is 0 Å². The van der Waals surface area contributed by atoms with Crippen LogP contribution in [0, 0.1) is 3.57 Å². The molecular formula is C9H8ClIO2. The molecule has 13 heavy (non-hydrogen) atoms. The van der Waals surface area contributed by atoms with Crippen LogP contribution in [-0.2, 0) is 11.2 Å². The van der Waals surface area contributed by atoms with Gasteiger partial charge in [-0.25, -0.2) is 0 Å². The van der Waals surface area contributed by atoms with Crippen LogP contribution in [0.25, 0.3) is 0 Å². The van der Waals surface area contributed by atoms with Gasteiger partial charge in [0.25, 0.3) is 0 Å².